The molecule has 1 saturated heterocycles. The lowest BCUT2D eigenvalue weighted by Crippen LogP contribution is -2.40. The van der Waals surface area contributed by atoms with Gasteiger partial charge in [-0.25, -0.2) is 4.98 Å². The van der Waals surface area contributed by atoms with E-state index in [1.54, 1.807) is 6.20 Å². The van der Waals surface area contributed by atoms with Gasteiger partial charge in [0.1, 0.15) is 5.82 Å². The fraction of sp³-hybridized carbons (Fsp3) is 0.600. The van der Waals surface area contributed by atoms with Crippen LogP contribution in [0.15, 0.2) is 18.3 Å². The molecule has 2 rings (SSSR count). The number of esters is 1. The van der Waals surface area contributed by atoms with Crippen LogP contribution >= 0.6 is 0 Å². The van der Waals surface area contributed by atoms with Crippen LogP contribution < -0.4 is 5.73 Å². The second-order valence-corrected chi connectivity index (χ2v) is 5.18. The van der Waals surface area contributed by atoms with E-state index in [2.05, 4.69) is 9.88 Å². The Kier molecular flexibility index (Phi) is 5.35. The molecule has 1 aliphatic heterocycles. The van der Waals surface area contributed by atoms with E-state index >= 15 is 0 Å². The SMILES string of the molecule is CCOC(=O)C[C@H]1CCCCN1Cc1cccnc1N. The van der Waals surface area contributed by atoms with Crippen LogP contribution in [-0.4, -0.2) is 35.0 Å². The van der Waals surface area contributed by atoms with Gasteiger partial charge in [-0.15, -0.1) is 0 Å². The topological polar surface area (TPSA) is 68.5 Å². The number of carbonyl (C=O) groups excluding carboxylic acids is 1. The summed E-state index contributed by atoms with van der Waals surface area (Å²) in [6.45, 7) is 4.04. The molecule has 0 unspecified atom stereocenters. The predicted octanol–water partition coefficient (Wildman–Crippen LogP) is 1.97. The molecule has 0 bridgehead atoms. The lowest BCUT2D eigenvalue weighted by atomic mass is 9.98. The van der Waals surface area contributed by atoms with Crippen LogP contribution in [-0.2, 0) is 16.1 Å². The summed E-state index contributed by atoms with van der Waals surface area (Å²) in [5, 5.41) is 0. The maximum absolute atomic E-state index is 11.7. The number of ether oxygens (including phenoxy) is 1. The molecule has 1 aromatic rings. The van der Waals surface area contributed by atoms with E-state index in [1.165, 1.54) is 12.8 Å². The van der Waals surface area contributed by atoms with Gasteiger partial charge in [0.05, 0.1) is 13.0 Å². The number of carbonyl (C=O) groups is 1. The molecular formula is C15H23N3O2. The minimum Gasteiger partial charge on any atom is -0.466 e. The van der Waals surface area contributed by atoms with Crippen LogP contribution in [0.2, 0.25) is 0 Å². The summed E-state index contributed by atoms with van der Waals surface area (Å²) >= 11 is 0. The zero-order chi connectivity index (χ0) is 14.4. The Labute approximate surface area is 120 Å². The molecule has 5 heteroatoms. The first kappa shape index (κ1) is 14.8. The Morgan fingerprint density at radius 3 is 3.15 bits per heavy atom. The number of rotatable bonds is 5. The molecule has 1 fully saturated rings. The van der Waals surface area contributed by atoms with Gasteiger partial charge in [0.25, 0.3) is 0 Å². The molecule has 0 spiro atoms. The molecule has 1 aromatic heterocycles. The molecule has 110 valence electrons. The van der Waals surface area contributed by atoms with Crippen LogP contribution in [0.25, 0.3) is 0 Å². The lowest BCUT2D eigenvalue weighted by Gasteiger charge is -2.35. The molecule has 5 nitrogen and oxygen atoms in total. The highest BCUT2D eigenvalue weighted by Gasteiger charge is 2.25. The van der Waals surface area contributed by atoms with Crippen molar-refractivity contribution >= 4 is 11.8 Å². The maximum Gasteiger partial charge on any atom is 0.307 e. The van der Waals surface area contributed by atoms with Gasteiger partial charge in [0, 0.05) is 24.3 Å². The highest BCUT2D eigenvalue weighted by molar-refractivity contribution is 5.70. The largest absolute Gasteiger partial charge is 0.466 e. The highest BCUT2D eigenvalue weighted by Crippen LogP contribution is 2.23. The zero-order valence-corrected chi connectivity index (χ0v) is 12.0. The molecule has 0 radical (unpaired) electrons. The molecule has 0 saturated carbocycles. The van der Waals surface area contributed by atoms with E-state index in [0.717, 1.165) is 25.1 Å². The quantitative estimate of drug-likeness (QED) is 0.833. The first-order valence-electron chi connectivity index (χ1n) is 7.29. The average molecular weight is 277 g/mol. The number of hydrogen-bond donors (Lipinski definition) is 1. The number of anilines is 1. The number of likely N-dealkylation sites (tertiary alicyclic amines) is 1. The molecule has 1 aliphatic rings. The molecular weight excluding hydrogens is 254 g/mol. The summed E-state index contributed by atoms with van der Waals surface area (Å²) in [7, 11) is 0. The van der Waals surface area contributed by atoms with Gasteiger partial charge >= 0.3 is 5.97 Å². The van der Waals surface area contributed by atoms with Crippen molar-refractivity contribution in [2.45, 2.75) is 45.2 Å². The monoisotopic (exact) mass is 277 g/mol. The van der Waals surface area contributed by atoms with E-state index in [1.807, 2.05) is 19.1 Å². The molecule has 0 aromatic carbocycles. The number of nitrogens with zero attached hydrogens (tertiary/aromatic N) is 2. The Morgan fingerprint density at radius 2 is 2.40 bits per heavy atom. The van der Waals surface area contributed by atoms with Gasteiger partial charge in [-0.2, -0.15) is 0 Å². The summed E-state index contributed by atoms with van der Waals surface area (Å²) in [5.41, 5.74) is 6.93. The van der Waals surface area contributed by atoms with Crippen molar-refractivity contribution in [1.82, 2.24) is 9.88 Å². The summed E-state index contributed by atoms with van der Waals surface area (Å²) in [5.74, 6) is 0.469. The van der Waals surface area contributed by atoms with Gasteiger partial charge in [-0.3, -0.25) is 9.69 Å². The fourth-order valence-electron chi connectivity index (χ4n) is 2.71. The Bertz CT molecular complexity index is 450. The normalized spacial score (nSPS) is 19.8. The van der Waals surface area contributed by atoms with E-state index < -0.39 is 0 Å². The number of nitrogens with two attached hydrogens (primary N) is 1. The van der Waals surface area contributed by atoms with Crippen molar-refractivity contribution in [3.05, 3.63) is 23.9 Å². The van der Waals surface area contributed by atoms with Crippen LogP contribution in [0.4, 0.5) is 5.82 Å². The molecule has 2 N–H and O–H groups in total. The van der Waals surface area contributed by atoms with Gasteiger partial charge in [-0.1, -0.05) is 12.5 Å². The second-order valence-electron chi connectivity index (χ2n) is 5.18. The van der Waals surface area contributed by atoms with Crippen molar-refractivity contribution in [3.8, 4) is 0 Å². The Balaban J connectivity index is 2.00. The first-order chi connectivity index (χ1) is 9.70. The van der Waals surface area contributed by atoms with Crippen molar-refractivity contribution in [1.29, 1.82) is 0 Å². The Hall–Kier alpha value is -1.62. The minimum atomic E-state index is -0.108. The van der Waals surface area contributed by atoms with E-state index in [4.69, 9.17) is 10.5 Å². The van der Waals surface area contributed by atoms with E-state index in [9.17, 15) is 4.79 Å². The molecule has 2 heterocycles. The average Bonchev–Trinajstić information content (AvgIpc) is 2.44. The standard InChI is InChI=1S/C15H23N3O2/c1-2-20-14(19)10-13-7-3-4-9-18(13)11-12-6-5-8-17-15(12)16/h5-6,8,13H,2-4,7,9-11H2,1H3,(H2,16,17)/t13-/m1/s1. The smallest absolute Gasteiger partial charge is 0.307 e. The number of piperidine rings is 1. The molecule has 0 amide bonds. The lowest BCUT2D eigenvalue weighted by molar-refractivity contribution is -0.145. The molecule has 0 aliphatic carbocycles. The van der Waals surface area contributed by atoms with Gasteiger partial charge in [0.2, 0.25) is 0 Å². The van der Waals surface area contributed by atoms with Crippen molar-refractivity contribution in [2.75, 3.05) is 18.9 Å². The summed E-state index contributed by atoms with van der Waals surface area (Å²) in [4.78, 5) is 18.1. The first-order valence-corrected chi connectivity index (χ1v) is 7.29. The number of hydrogen-bond acceptors (Lipinski definition) is 5. The summed E-state index contributed by atoms with van der Waals surface area (Å²) in [6, 6.07) is 4.15. The van der Waals surface area contributed by atoms with Gasteiger partial charge in [0.15, 0.2) is 0 Å². The van der Waals surface area contributed by atoms with E-state index in [0.29, 0.717) is 18.8 Å². The summed E-state index contributed by atoms with van der Waals surface area (Å²) in [6.07, 6.45) is 5.54. The van der Waals surface area contributed by atoms with Crippen LogP contribution in [0.1, 0.15) is 38.2 Å². The third kappa shape index (κ3) is 3.93. The third-order valence-electron chi connectivity index (χ3n) is 3.76. The fourth-order valence-corrected chi connectivity index (χ4v) is 2.71. The van der Waals surface area contributed by atoms with Crippen molar-refractivity contribution in [2.24, 2.45) is 0 Å². The maximum atomic E-state index is 11.7. The van der Waals surface area contributed by atoms with E-state index in [-0.39, 0.29) is 12.0 Å². The van der Waals surface area contributed by atoms with Crippen LogP contribution in [0, 0.1) is 0 Å². The minimum absolute atomic E-state index is 0.108. The van der Waals surface area contributed by atoms with Crippen molar-refractivity contribution in [3.63, 3.8) is 0 Å². The summed E-state index contributed by atoms with van der Waals surface area (Å²) < 4.78 is 5.06. The second kappa shape index (κ2) is 7.24. The van der Waals surface area contributed by atoms with Gasteiger partial charge < -0.3 is 10.5 Å². The zero-order valence-electron chi connectivity index (χ0n) is 12.0. The Morgan fingerprint density at radius 1 is 1.55 bits per heavy atom. The number of pyridine rings is 1. The predicted molar refractivity (Wildman–Crippen MR) is 77.9 cm³/mol. The molecule has 20 heavy (non-hydrogen) atoms. The van der Waals surface area contributed by atoms with Crippen molar-refractivity contribution < 1.29 is 9.53 Å². The number of aromatic nitrogens is 1. The molecule has 1 atom stereocenters. The highest BCUT2D eigenvalue weighted by atomic mass is 16.5. The van der Waals surface area contributed by atoms with Crippen LogP contribution in [0.5, 0.6) is 0 Å². The number of nitrogen functional groups attached to an aromatic ring is 1. The van der Waals surface area contributed by atoms with Gasteiger partial charge in [-0.05, 0) is 32.4 Å². The third-order valence-corrected chi connectivity index (χ3v) is 3.76. The van der Waals surface area contributed by atoms with Crippen LogP contribution in [0.3, 0.4) is 0 Å².